The Labute approximate surface area is 291 Å². The normalized spacial score (nSPS) is 11.7. The van der Waals surface area contributed by atoms with Crippen LogP contribution in [-0.4, -0.2) is 19.3 Å². The summed E-state index contributed by atoms with van der Waals surface area (Å²) < 4.78 is 10.4. The summed E-state index contributed by atoms with van der Waals surface area (Å²) in [5.74, 6) is 2.06. The van der Waals surface area contributed by atoms with Crippen molar-refractivity contribution >= 4 is 21.8 Å². The van der Waals surface area contributed by atoms with E-state index in [1.807, 2.05) is 41.3 Å². The van der Waals surface area contributed by atoms with E-state index < -0.39 is 0 Å². The molecule has 238 valence electrons. The first-order valence-electron chi connectivity index (χ1n) is 15.8. The minimum Gasteiger partial charge on any atom is -0.509 e. The smallest absolute Gasteiger partial charge is 0.509 e. The van der Waals surface area contributed by atoms with E-state index in [0.717, 1.165) is 38.9 Å². The monoisotopic (exact) mass is 797 g/mol. The predicted octanol–water partition coefficient (Wildman–Crippen LogP) is 10.3. The fourth-order valence-corrected chi connectivity index (χ4v) is 6.44. The van der Waals surface area contributed by atoms with Crippen molar-refractivity contribution in [1.29, 1.82) is 0 Å². The van der Waals surface area contributed by atoms with Gasteiger partial charge in [0.25, 0.3) is 0 Å². The molecule has 0 N–H and O–H groups in total. The third-order valence-electron chi connectivity index (χ3n) is 9.49. The van der Waals surface area contributed by atoms with Crippen LogP contribution in [0.25, 0.3) is 44.4 Å². The molecule has 47 heavy (non-hydrogen) atoms. The van der Waals surface area contributed by atoms with Crippen molar-refractivity contribution in [2.45, 2.75) is 60.8 Å². The maximum absolute atomic E-state index is 6.40. The van der Waals surface area contributed by atoms with Gasteiger partial charge in [0.2, 0.25) is 0 Å². The number of para-hydroxylation sites is 1. The van der Waals surface area contributed by atoms with Crippen LogP contribution in [-0.2, 0) is 26.5 Å². The minimum atomic E-state index is 0. The number of hydrogen-bond donors (Lipinski definition) is 0. The summed E-state index contributed by atoms with van der Waals surface area (Å²) in [4.78, 5) is 4.79. The van der Waals surface area contributed by atoms with Crippen LogP contribution in [0, 0.1) is 46.8 Å². The molecule has 0 fully saturated rings. The maximum Gasteiger partial charge on any atom is 2.00 e. The third-order valence-corrected chi connectivity index (χ3v) is 9.49. The fraction of sp³-hybridized carbons (Fsp3) is 0.220. The molecular weight excluding hydrogens is 760 g/mol. The number of benzene rings is 4. The predicted molar refractivity (Wildman–Crippen MR) is 188 cm³/mol. The number of fused-ring (bicyclic) bond motifs is 3. The summed E-state index contributed by atoms with van der Waals surface area (Å²) in [6, 6.07) is 29.6. The second kappa shape index (κ2) is 12.3. The number of aromatic nitrogens is 4. The number of nitrogens with zero attached hydrogens (tertiary/aromatic N) is 4. The van der Waals surface area contributed by atoms with Crippen molar-refractivity contribution in [3.63, 3.8) is 0 Å². The molecule has 0 atom stereocenters. The van der Waals surface area contributed by atoms with Crippen molar-refractivity contribution < 1.29 is 25.8 Å². The second-order valence-corrected chi connectivity index (χ2v) is 13.3. The molecule has 6 heteroatoms. The molecule has 0 unspecified atom stereocenters. The molecule has 3 heterocycles. The Morgan fingerprint density at radius 1 is 0.723 bits per heavy atom. The van der Waals surface area contributed by atoms with Crippen LogP contribution in [0.2, 0.25) is 0 Å². The van der Waals surface area contributed by atoms with E-state index >= 15 is 0 Å². The Morgan fingerprint density at radius 3 is 2.17 bits per heavy atom. The Bertz CT molecular complexity index is 2260. The quantitative estimate of drug-likeness (QED) is 0.163. The first kappa shape index (κ1) is 32.5. The van der Waals surface area contributed by atoms with E-state index in [-0.39, 0.29) is 26.5 Å². The summed E-state index contributed by atoms with van der Waals surface area (Å²) in [6.45, 7) is 17.7. The molecule has 0 aliphatic heterocycles. The molecular formula is C41H38N4OPt. The van der Waals surface area contributed by atoms with E-state index in [1.165, 1.54) is 38.9 Å². The zero-order valence-corrected chi connectivity index (χ0v) is 30.4. The number of hydrogen-bond acceptors (Lipinski definition) is 3. The molecule has 7 aromatic rings. The second-order valence-electron chi connectivity index (χ2n) is 13.3. The SMILES string of the molecule is Cc1c(C)c(C)c(-c2cnn(-c3[c-]c(Oc4[c-]c5c(cc4)c4ccccc4n5-c4cc(C(C)(C)C)ccn4)ccc3)c2)c(C)c1C.[Pt+2]. The summed E-state index contributed by atoms with van der Waals surface area (Å²) in [5.41, 5.74) is 13.0. The van der Waals surface area contributed by atoms with E-state index in [1.54, 1.807) is 0 Å². The van der Waals surface area contributed by atoms with Crippen LogP contribution < -0.4 is 4.74 Å². The molecule has 0 aliphatic rings. The first-order valence-corrected chi connectivity index (χ1v) is 15.8. The van der Waals surface area contributed by atoms with Gasteiger partial charge in [-0.25, -0.2) is 4.98 Å². The van der Waals surface area contributed by atoms with Crippen molar-refractivity contribution in [2.75, 3.05) is 0 Å². The van der Waals surface area contributed by atoms with Gasteiger partial charge in [0.15, 0.2) is 0 Å². The first-order chi connectivity index (χ1) is 22.0. The van der Waals surface area contributed by atoms with E-state index in [9.17, 15) is 0 Å². The molecule has 5 nitrogen and oxygen atoms in total. The van der Waals surface area contributed by atoms with Crippen LogP contribution >= 0.6 is 0 Å². The van der Waals surface area contributed by atoms with Gasteiger partial charge in [-0.15, -0.1) is 35.7 Å². The van der Waals surface area contributed by atoms with Gasteiger partial charge in [0, 0.05) is 35.0 Å². The van der Waals surface area contributed by atoms with Gasteiger partial charge in [0.1, 0.15) is 5.82 Å². The molecule has 3 aromatic heterocycles. The van der Waals surface area contributed by atoms with E-state index in [4.69, 9.17) is 14.8 Å². The summed E-state index contributed by atoms with van der Waals surface area (Å²) in [7, 11) is 0. The third kappa shape index (κ3) is 5.72. The average Bonchev–Trinajstić information content (AvgIpc) is 3.66. The van der Waals surface area contributed by atoms with Gasteiger partial charge in [-0.1, -0.05) is 44.5 Å². The molecule has 0 saturated carbocycles. The van der Waals surface area contributed by atoms with E-state index in [2.05, 4.69) is 121 Å². The van der Waals surface area contributed by atoms with Crippen LogP contribution in [0.5, 0.6) is 11.5 Å². The van der Waals surface area contributed by atoms with Crippen LogP contribution in [0.3, 0.4) is 0 Å². The van der Waals surface area contributed by atoms with Crippen molar-refractivity contribution in [2.24, 2.45) is 0 Å². The average molecular weight is 798 g/mol. The minimum absolute atomic E-state index is 0. The molecule has 0 amide bonds. The van der Waals surface area contributed by atoms with Gasteiger partial charge < -0.3 is 9.30 Å². The van der Waals surface area contributed by atoms with Crippen molar-refractivity contribution in [1.82, 2.24) is 19.3 Å². The molecule has 4 aromatic carbocycles. The van der Waals surface area contributed by atoms with Gasteiger partial charge in [-0.2, -0.15) is 17.2 Å². The van der Waals surface area contributed by atoms with Crippen molar-refractivity contribution in [3.05, 3.63) is 131 Å². The standard InChI is InChI=1S/C41H38N4O.Pt/c1-25-26(2)28(4)40(29(5)27(25)3)30-23-43-44(24-30)32-12-11-13-33(21-32)46-34-16-17-36-35-14-9-10-15-37(35)45(38(36)22-34)39-20-31(18-19-42-39)41(6,7)8;/h9-20,23-24H,1-8H3;/q-2;+2. The Kier molecular flexibility index (Phi) is 8.48. The van der Waals surface area contributed by atoms with Crippen LogP contribution in [0.4, 0.5) is 0 Å². The van der Waals surface area contributed by atoms with Gasteiger partial charge >= 0.3 is 21.1 Å². The maximum atomic E-state index is 6.40. The van der Waals surface area contributed by atoms with Crippen LogP contribution in [0.15, 0.2) is 85.3 Å². The summed E-state index contributed by atoms with van der Waals surface area (Å²) in [5, 5.41) is 6.97. The van der Waals surface area contributed by atoms with Gasteiger partial charge in [0.05, 0.1) is 6.20 Å². The van der Waals surface area contributed by atoms with Crippen LogP contribution in [0.1, 0.15) is 54.2 Å². The fourth-order valence-electron chi connectivity index (χ4n) is 6.44. The Morgan fingerprint density at radius 2 is 1.43 bits per heavy atom. The molecule has 0 spiro atoms. The summed E-state index contributed by atoms with van der Waals surface area (Å²) >= 11 is 0. The molecule has 0 saturated heterocycles. The number of rotatable bonds is 5. The van der Waals surface area contributed by atoms with Crippen molar-refractivity contribution in [3.8, 4) is 34.1 Å². The molecule has 7 rings (SSSR count). The van der Waals surface area contributed by atoms with Gasteiger partial charge in [-0.3, -0.25) is 4.68 Å². The molecule has 0 bridgehead atoms. The largest absolute Gasteiger partial charge is 2.00 e. The zero-order chi connectivity index (χ0) is 32.3. The van der Waals surface area contributed by atoms with Gasteiger partial charge in [-0.05, 0) is 108 Å². The molecule has 0 radical (unpaired) electrons. The topological polar surface area (TPSA) is 44.9 Å². The Hall–Kier alpha value is -4.47. The molecule has 0 aliphatic carbocycles. The number of ether oxygens (including phenoxy) is 1. The zero-order valence-electron chi connectivity index (χ0n) is 28.1. The number of pyridine rings is 1. The summed E-state index contributed by atoms with van der Waals surface area (Å²) in [6.07, 6.45) is 5.91. The Balaban J connectivity index is 0.00000386. The van der Waals surface area contributed by atoms with E-state index in [0.29, 0.717) is 11.5 Å².